The second-order valence-corrected chi connectivity index (χ2v) is 7.10. The topological polar surface area (TPSA) is 90.4 Å². The minimum Gasteiger partial charge on any atom is -0.475 e. The van der Waals surface area contributed by atoms with E-state index in [-0.39, 0.29) is 11.7 Å². The third kappa shape index (κ3) is 4.99. The number of benzene rings is 1. The summed E-state index contributed by atoms with van der Waals surface area (Å²) in [4.78, 5) is 35.0. The fourth-order valence-electron chi connectivity index (χ4n) is 2.22. The van der Waals surface area contributed by atoms with Gasteiger partial charge in [0.2, 0.25) is 5.88 Å². The maximum atomic E-state index is 12.1. The monoisotopic (exact) mass is 425 g/mol. The number of hydrogen-bond donors (Lipinski definition) is 1. The Morgan fingerprint density at radius 1 is 1.17 bits per heavy atom. The van der Waals surface area contributed by atoms with Crippen molar-refractivity contribution < 1.29 is 32.3 Å². The first-order valence-electron chi connectivity index (χ1n) is 8.25. The molecule has 1 aromatic carbocycles. The van der Waals surface area contributed by atoms with E-state index in [1.165, 1.54) is 28.9 Å². The van der Waals surface area contributed by atoms with Crippen molar-refractivity contribution in [3.63, 3.8) is 0 Å². The number of carbonyl (C=O) groups is 2. The Morgan fingerprint density at radius 2 is 1.93 bits per heavy atom. The largest absolute Gasteiger partial charge is 0.493 e. The zero-order valence-corrected chi connectivity index (χ0v) is 15.9. The molecule has 11 heteroatoms. The van der Waals surface area contributed by atoms with Gasteiger partial charge in [-0.05, 0) is 38.1 Å². The molecule has 0 spiro atoms. The molecule has 3 rings (SSSR count). The van der Waals surface area contributed by atoms with E-state index >= 15 is 0 Å². The van der Waals surface area contributed by atoms with E-state index in [9.17, 15) is 22.8 Å². The minimum absolute atomic E-state index is 0.00391. The van der Waals surface area contributed by atoms with E-state index in [0.717, 1.165) is 5.56 Å². The fraction of sp³-hybridized carbons (Fsp3) is 0.222. The molecule has 0 unspecified atom stereocenters. The van der Waals surface area contributed by atoms with Crippen LogP contribution >= 0.6 is 11.3 Å². The van der Waals surface area contributed by atoms with Gasteiger partial charge in [-0.3, -0.25) is 4.79 Å². The van der Waals surface area contributed by atoms with Crippen LogP contribution < -0.4 is 10.2 Å². The summed E-state index contributed by atoms with van der Waals surface area (Å²) < 4.78 is 42.5. The van der Waals surface area contributed by atoms with Crippen LogP contribution in [0.2, 0.25) is 0 Å². The maximum Gasteiger partial charge on any atom is 0.493 e. The highest BCUT2D eigenvalue weighted by atomic mass is 32.1. The molecule has 0 aliphatic heterocycles. The predicted molar refractivity (Wildman–Crippen MR) is 98.2 cm³/mol. The molecule has 0 saturated carbocycles. The van der Waals surface area contributed by atoms with Gasteiger partial charge in [0.05, 0.1) is 16.3 Å². The van der Waals surface area contributed by atoms with Crippen molar-refractivity contribution in [2.75, 3.05) is 0 Å². The lowest BCUT2D eigenvalue weighted by Crippen LogP contribution is -2.34. The number of aromatic nitrogens is 2. The summed E-state index contributed by atoms with van der Waals surface area (Å²) in [7, 11) is 0. The van der Waals surface area contributed by atoms with Crippen molar-refractivity contribution in [2.45, 2.75) is 26.1 Å². The number of carbonyl (C=O) groups excluding carboxylic acids is 2. The van der Waals surface area contributed by atoms with Crippen LogP contribution in [0, 0.1) is 0 Å². The molecule has 1 N–H and O–H groups in total. The van der Waals surface area contributed by atoms with Gasteiger partial charge in [0.25, 0.3) is 5.91 Å². The van der Waals surface area contributed by atoms with Gasteiger partial charge in [-0.25, -0.2) is 14.8 Å². The van der Waals surface area contributed by atoms with Crippen LogP contribution in [0.4, 0.5) is 13.2 Å². The quantitative estimate of drug-likeness (QED) is 0.638. The third-order valence-electron chi connectivity index (χ3n) is 3.46. The molecule has 0 aliphatic rings. The minimum atomic E-state index is -5.20. The molecule has 0 saturated heterocycles. The Labute approximate surface area is 166 Å². The summed E-state index contributed by atoms with van der Waals surface area (Å²) in [6.45, 7) is 3.78. The van der Waals surface area contributed by atoms with Gasteiger partial charge < -0.3 is 9.57 Å². The van der Waals surface area contributed by atoms with E-state index < -0.39 is 18.1 Å². The van der Waals surface area contributed by atoms with Crippen LogP contribution in [0.15, 0.2) is 36.5 Å². The number of alkyl halides is 3. The van der Waals surface area contributed by atoms with Gasteiger partial charge >= 0.3 is 12.1 Å². The maximum absolute atomic E-state index is 12.1. The first-order chi connectivity index (χ1) is 13.6. The van der Waals surface area contributed by atoms with Crippen LogP contribution in [0.3, 0.4) is 0 Å². The fourth-order valence-corrected chi connectivity index (χ4v) is 3.21. The highest BCUT2D eigenvalue weighted by molar-refractivity contribution is 7.21. The Balaban J connectivity index is 1.76. The number of fused-ring (bicyclic) bond motifs is 1. The van der Waals surface area contributed by atoms with Crippen molar-refractivity contribution >= 4 is 33.4 Å². The van der Waals surface area contributed by atoms with Crippen molar-refractivity contribution in [2.24, 2.45) is 0 Å². The number of amides is 1. The molecular weight excluding hydrogens is 411 g/mol. The van der Waals surface area contributed by atoms with E-state index in [1.54, 1.807) is 24.4 Å². The molecule has 0 bridgehead atoms. The number of nitrogens with one attached hydrogen (secondary N) is 1. The van der Waals surface area contributed by atoms with Crippen LogP contribution in [0.25, 0.3) is 20.8 Å². The van der Waals surface area contributed by atoms with Crippen molar-refractivity contribution in [3.8, 4) is 16.5 Å². The highest BCUT2D eigenvalue weighted by Crippen LogP contribution is 2.31. The highest BCUT2D eigenvalue weighted by Gasteiger charge is 2.42. The summed E-state index contributed by atoms with van der Waals surface area (Å²) in [6, 6.07) is 7.86. The Morgan fingerprint density at radius 3 is 2.55 bits per heavy atom. The molecule has 152 valence electrons. The normalized spacial score (nSPS) is 11.5. The van der Waals surface area contributed by atoms with E-state index in [1.807, 2.05) is 13.8 Å². The number of hydrogen-bond acceptors (Lipinski definition) is 7. The molecule has 2 aromatic heterocycles. The average Bonchev–Trinajstić information content (AvgIpc) is 3.08. The summed E-state index contributed by atoms with van der Waals surface area (Å²) in [5, 5.41) is 0.643. The van der Waals surface area contributed by atoms with Gasteiger partial charge in [-0.1, -0.05) is 0 Å². The Kier molecular flexibility index (Phi) is 5.69. The Bertz CT molecular complexity index is 1050. The molecule has 2 heterocycles. The van der Waals surface area contributed by atoms with Crippen LogP contribution in [0.5, 0.6) is 5.88 Å². The first kappa shape index (κ1) is 20.5. The van der Waals surface area contributed by atoms with Gasteiger partial charge in [0.1, 0.15) is 5.01 Å². The molecule has 29 heavy (non-hydrogen) atoms. The number of nitrogens with zero attached hydrogens (tertiary/aromatic N) is 2. The van der Waals surface area contributed by atoms with Crippen molar-refractivity contribution in [1.82, 2.24) is 15.4 Å². The van der Waals surface area contributed by atoms with E-state index in [0.29, 0.717) is 21.1 Å². The molecule has 0 aliphatic carbocycles. The SMILES string of the molecule is CC(C)Oc1ccc(-c2nc3ccc(C(=O)NOC(=O)C(F)(F)F)cc3s2)cn1. The van der Waals surface area contributed by atoms with Gasteiger partial charge in [-0.2, -0.15) is 18.7 Å². The second-order valence-electron chi connectivity index (χ2n) is 6.07. The van der Waals surface area contributed by atoms with Crippen molar-refractivity contribution in [3.05, 3.63) is 42.1 Å². The summed E-state index contributed by atoms with van der Waals surface area (Å²) in [5.74, 6) is -3.02. The average molecular weight is 425 g/mol. The number of rotatable bonds is 4. The summed E-state index contributed by atoms with van der Waals surface area (Å²) in [6.07, 6.45) is -3.59. The lowest BCUT2D eigenvalue weighted by atomic mass is 10.2. The standard InChI is InChI=1S/C18H14F3N3O4S/c1-9(2)27-14-6-4-11(8-22-14)16-23-12-5-3-10(7-13(12)29-16)15(25)24-28-17(26)18(19,20)21/h3-9H,1-2H3,(H,24,25). The Hall–Kier alpha value is -3.21. The molecule has 0 radical (unpaired) electrons. The zero-order valence-electron chi connectivity index (χ0n) is 15.1. The zero-order chi connectivity index (χ0) is 21.2. The van der Waals surface area contributed by atoms with Crippen LogP contribution in [-0.4, -0.2) is 34.1 Å². The first-order valence-corrected chi connectivity index (χ1v) is 9.07. The molecule has 3 aromatic rings. The van der Waals surface area contributed by atoms with Gasteiger partial charge in [-0.15, -0.1) is 11.3 Å². The molecule has 0 fully saturated rings. The lowest BCUT2D eigenvalue weighted by molar-refractivity contribution is -0.204. The third-order valence-corrected chi connectivity index (χ3v) is 4.53. The molecule has 7 nitrogen and oxygen atoms in total. The lowest BCUT2D eigenvalue weighted by Gasteiger charge is -2.07. The van der Waals surface area contributed by atoms with Gasteiger partial charge in [0.15, 0.2) is 0 Å². The summed E-state index contributed by atoms with van der Waals surface area (Å²) >= 11 is 1.27. The molecular formula is C18H14F3N3O4S. The van der Waals surface area contributed by atoms with E-state index in [4.69, 9.17) is 4.74 Å². The number of halogens is 3. The number of ether oxygens (including phenoxy) is 1. The van der Waals surface area contributed by atoms with Crippen LogP contribution in [-0.2, 0) is 9.63 Å². The molecule has 0 atom stereocenters. The molecule has 1 amide bonds. The number of thiazole rings is 1. The van der Waals surface area contributed by atoms with E-state index in [2.05, 4.69) is 14.8 Å². The smallest absolute Gasteiger partial charge is 0.475 e. The predicted octanol–water partition coefficient (Wildman–Crippen LogP) is 3.90. The second kappa shape index (κ2) is 8.03. The number of hydroxylamine groups is 1. The van der Waals surface area contributed by atoms with Crippen molar-refractivity contribution in [1.29, 1.82) is 0 Å². The van der Waals surface area contributed by atoms with Crippen LogP contribution in [0.1, 0.15) is 24.2 Å². The summed E-state index contributed by atoms with van der Waals surface area (Å²) in [5.41, 5.74) is 2.83. The van der Waals surface area contributed by atoms with Gasteiger partial charge in [0, 0.05) is 23.4 Å². The number of pyridine rings is 1.